The van der Waals surface area contributed by atoms with Gasteiger partial charge in [0.15, 0.2) is 0 Å². The number of amides is 2. The standard InChI is InChI=1S/C23H32N4O/c1-4-16(2)9-7-10-17(3)15-21-25-19-12-8-11-18(22(19)26-21)20-13-5-6-14-27(20)23(24)28/h4,8,10-12,20H,5-7,9,13-15H2,1-3H3,(H2,24,28)(H,25,26). The second-order valence-corrected chi connectivity index (χ2v) is 7.87. The predicted octanol–water partition coefficient (Wildman–Crippen LogP) is 5.40. The molecule has 5 heteroatoms. The number of piperidine rings is 1. The van der Waals surface area contributed by atoms with E-state index < -0.39 is 0 Å². The highest BCUT2D eigenvalue weighted by Crippen LogP contribution is 2.34. The van der Waals surface area contributed by atoms with Crippen LogP contribution in [0.1, 0.15) is 70.3 Å². The number of primary amides is 1. The molecular weight excluding hydrogens is 348 g/mol. The highest BCUT2D eigenvalue weighted by molar-refractivity contribution is 5.81. The summed E-state index contributed by atoms with van der Waals surface area (Å²) in [5, 5.41) is 0. The molecule has 0 saturated carbocycles. The number of imidazole rings is 1. The Balaban J connectivity index is 1.81. The smallest absolute Gasteiger partial charge is 0.315 e. The van der Waals surface area contributed by atoms with Crippen LogP contribution in [0.4, 0.5) is 4.79 Å². The van der Waals surface area contributed by atoms with Crippen LogP contribution >= 0.6 is 0 Å². The Hall–Kier alpha value is -2.56. The van der Waals surface area contributed by atoms with Crippen molar-refractivity contribution in [1.29, 1.82) is 0 Å². The average Bonchev–Trinajstić information content (AvgIpc) is 3.09. The Morgan fingerprint density at radius 3 is 2.89 bits per heavy atom. The molecule has 0 aliphatic carbocycles. The lowest BCUT2D eigenvalue weighted by atomic mass is 9.94. The SMILES string of the molecule is CC=C(C)CCC=C(C)Cc1nc2c(C3CCCCN3C(N)=O)cccc2[nH]1. The van der Waals surface area contributed by atoms with Crippen LogP contribution in [0.15, 0.2) is 41.5 Å². The molecule has 1 aliphatic rings. The number of hydrogen-bond acceptors (Lipinski definition) is 2. The predicted molar refractivity (Wildman–Crippen MR) is 115 cm³/mol. The van der Waals surface area contributed by atoms with Crippen LogP contribution in [0.5, 0.6) is 0 Å². The molecule has 3 N–H and O–H groups in total. The van der Waals surface area contributed by atoms with Crippen LogP contribution < -0.4 is 5.73 Å². The summed E-state index contributed by atoms with van der Waals surface area (Å²) >= 11 is 0. The number of hydrogen-bond donors (Lipinski definition) is 2. The topological polar surface area (TPSA) is 75.0 Å². The molecular formula is C23H32N4O. The third-order valence-corrected chi connectivity index (χ3v) is 5.71. The van der Waals surface area contributed by atoms with Crippen molar-refractivity contribution in [3.8, 4) is 0 Å². The Morgan fingerprint density at radius 2 is 2.14 bits per heavy atom. The van der Waals surface area contributed by atoms with Gasteiger partial charge in [-0.2, -0.15) is 0 Å². The molecule has 28 heavy (non-hydrogen) atoms. The normalized spacial score (nSPS) is 18.7. The molecule has 0 spiro atoms. The van der Waals surface area contributed by atoms with E-state index in [4.69, 9.17) is 10.7 Å². The molecule has 1 aliphatic heterocycles. The quantitative estimate of drug-likeness (QED) is 0.658. The van der Waals surface area contributed by atoms with Gasteiger partial charge in [0.25, 0.3) is 0 Å². The molecule has 1 saturated heterocycles. The fourth-order valence-corrected chi connectivity index (χ4v) is 4.00. The van der Waals surface area contributed by atoms with Gasteiger partial charge in [-0.15, -0.1) is 0 Å². The monoisotopic (exact) mass is 380 g/mol. The van der Waals surface area contributed by atoms with Gasteiger partial charge in [-0.1, -0.05) is 35.4 Å². The number of urea groups is 1. The van der Waals surface area contributed by atoms with Gasteiger partial charge in [0.05, 0.1) is 17.1 Å². The van der Waals surface area contributed by atoms with E-state index >= 15 is 0 Å². The number of carbonyl (C=O) groups is 1. The van der Waals surface area contributed by atoms with Crippen LogP contribution in [0.3, 0.4) is 0 Å². The van der Waals surface area contributed by atoms with Crippen molar-refractivity contribution in [2.45, 2.75) is 65.3 Å². The lowest BCUT2D eigenvalue weighted by Crippen LogP contribution is -2.41. The summed E-state index contributed by atoms with van der Waals surface area (Å²) in [4.78, 5) is 22.1. The summed E-state index contributed by atoms with van der Waals surface area (Å²) in [5.41, 5.74) is 11.5. The lowest BCUT2D eigenvalue weighted by Gasteiger charge is -2.34. The second kappa shape index (κ2) is 9.09. The molecule has 1 fully saturated rings. The number of nitrogens with two attached hydrogens (primary N) is 1. The number of aromatic amines is 1. The number of fused-ring (bicyclic) bond motifs is 1. The largest absolute Gasteiger partial charge is 0.351 e. The number of benzene rings is 1. The van der Waals surface area contributed by atoms with Crippen molar-refractivity contribution in [1.82, 2.24) is 14.9 Å². The van der Waals surface area contributed by atoms with Gasteiger partial charge < -0.3 is 15.6 Å². The van der Waals surface area contributed by atoms with Crippen LogP contribution in [-0.2, 0) is 6.42 Å². The summed E-state index contributed by atoms with van der Waals surface area (Å²) < 4.78 is 0. The van der Waals surface area contributed by atoms with E-state index in [1.54, 1.807) is 4.90 Å². The Bertz CT molecular complexity index is 893. The van der Waals surface area contributed by atoms with Gasteiger partial charge >= 0.3 is 6.03 Å². The molecule has 3 rings (SSSR count). The first kappa shape index (κ1) is 20.2. The van der Waals surface area contributed by atoms with Crippen molar-refractivity contribution in [2.24, 2.45) is 5.73 Å². The Kier molecular flexibility index (Phi) is 6.55. The van der Waals surface area contributed by atoms with Crippen molar-refractivity contribution >= 4 is 17.1 Å². The number of carbonyl (C=O) groups excluding carboxylic acids is 1. The van der Waals surface area contributed by atoms with E-state index in [1.165, 1.54) is 11.1 Å². The van der Waals surface area contributed by atoms with E-state index in [0.29, 0.717) is 0 Å². The summed E-state index contributed by atoms with van der Waals surface area (Å²) in [5.74, 6) is 0.973. The maximum atomic E-state index is 11.9. The van der Waals surface area contributed by atoms with Gasteiger partial charge in [-0.25, -0.2) is 9.78 Å². The van der Waals surface area contributed by atoms with Gasteiger partial charge in [0, 0.05) is 18.5 Å². The molecule has 150 valence electrons. The van der Waals surface area contributed by atoms with E-state index in [-0.39, 0.29) is 12.1 Å². The van der Waals surface area contributed by atoms with Crippen molar-refractivity contribution in [2.75, 3.05) is 6.54 Å². The number of nitrogens with zero attached hydrogens (tertiary/aromatic N) is 2. The number of H-pyrrole nitrogens is 1. The molecule has 0 bridgehead atoms. The first-order chi connectivity index (χ1) is 13.5. The highest BCUT2D eigenvalue weighted by atomic mass is 16.2. The van der Waals surface area contributed by atoms with Crippen molar-refractivity contribution in [3.05, 3.63) is 52.9 Å². The first-order valence-electron chi connectivity index (χ1n) is 10.3. The minimum atomic E-state index is -0.340. The number of likely N-dealkylation sites (tertiary alicyclic amines) is 1. The Labute approximate surface area is 167 Å². The number of rotatable bonds is 6. The summed E-state index contributed by atoms with van der Waals surface area (Å²) in [6, 6.07) is 5.86. The molecule has 2 heterocycles. The fraction of sp³-hybridized carbons (Fsp3) is 0.478. The fourth-order valence-electron chi connectivity index (χ4n) is 4.00. The van der Waals surface area contributed by atoms with Crippen molar-refractivity contribution < 1.29 is 4.79 Å². The number of aromatic nitrogens is 2. The first-order valence-corrected chi connectivity index (χ1v) is 10.3. The van der Waals surface area contributed by atoms with Crippen LogP contribution in [0.2, 0.25) is 0 Å². The number of nitrogens with one attached hydrogen (secondary N) is 1. The van der Waals surface area contributed by atoms with Crippen LogP contribution in [0.25, 0.3) is 11.0 Å². The van der Waals surface area contributed by atoms with Crippen LogP contribution in [-0.4, -0.2) is 27.4 Å². The maximum Gasteiger partial charge on any atom is 0.315 e. The molecule has 1 unspecified atom stereocenters. The third kappa shape index (κ3) is 4.64. The van der Waals surface area contributed by atoms with E-state index in [0.717, 1.165) is 67.5 Å². The van der Waals surface area contributed by atoms with Gasteiger partial charge in [-0.3, -0.25) is 0 Å². The second-order valence-electron chi connectivity index (χ2n) is 7.87. The Morgan fingerprint density at radius 1 is 1.32 bits per heavy atom. The van der Waals surface area contributed by atoms with E-state index in [9.17, 15) is 4.79 Å². The number of allylic oxidation sites excluding steroid dienone is 4. The third-order valence-electron chi connectivity index (χ3n) is 5.71. The zero-order chi connectivity index (χ0) is 20.1. The minimum Gasteiger partial charge on any atom is -0.351 e. The summed E-state index contributed by atoms with van der Waals surface area (Å²) in [6.07, 6.45) is 10.5. The maximum absolute atomic E-state index is 11.9. The van der Waals surface area contributed by atoms with Crippen LogP contribution in [0, 0.1) is 0 Å². The lowest BCUT2D eigenvalue weighted by molar-refractivity contribution is 0.160. The molecule has 1 aromatic heterocycles. The summed E-state index contributed by atoms with van der Waals surface area (Å²) in [6.45, 7) is 7.14. The highest BCUT2D eigenvalue weighted by Gasteiger charge is 2.28. The van der Waals surface area contributed by atoms with E-state index in [1.807, 2.05) is 6.07 Å². The van der Waals surface area contributed by atoms with Gasteiger partial charge in [0.2, 0.25) is 0 Å². The minimum absolute atomic E-state index is 0.0199. The molecule has 0 radical (unpaired) electrons. The zero-order valence-electron chi connectivity index (χ0n) is 17.3. The summed E-state index contributed by atoms with van der Waals surface area (Å²) in [7, 11) is 0. The molecule has 2 aromatic rings. The average molecular weight is 381 g/mol. The van der Waals surface area contributed by atoms with Gasteiger partial charge in [-0.05, 0) is 58.9 Å². The molecule has 1 atom stereocenters. The van der Waals surface area contributed by atoms with Crippen molar-refractivity contribution in [3.63, 3.8) is 0 Å². The number of para-hydroxylation sites is 1. The molecule has 1 aromatic carbocycles. The molecule has 5 nitrogen and oxygen atoms in total. The van der Waals surface area contributed by atoms with E-state index in [2.05, 4.69) is 50.0 Å². The zero-order valence-corrected chi connectivity index (χ0v) is 17.3. The van der Waals surface area contributed by atoms with Gasteiger partial charge in [0.1, 0.15) is 5.82 Å². The molecule has 2 amide bonds.